The molecule has 0 saturated heterocycles. The average molecular weight is 781 g/mol. The number of aliphatic hydroxyl groups is 2. The molecule has 312 valence electrons. The maximum Gasteiger partial charge on any atom is 0.331 e. The third-order valence-electron chi connectivity index (χ3n) is 17.9. The Labute approximate surface area is 343 Å². The van der Waals surface area contributed by atoms with Gasteiger partial charge in [-0.1, -0.05) is 101 Å². The van der Waals surface area contributed by atoms with Gasteiger partial charge in [0.1, 0.15) is 12.7 Å². The molecule has 7 aliphatic rings. The normalized spacial score (nSPS) is 38.6. The maximum absolute atomic E-state index is 14.8. The highest BCUT2D eigenvalue weighted by Crippen LogP contribution is 2.73. The first-order valence-corrected chi connectivity index (χ1v) is 23.4. The van der Waals surface area contributed by atoms with Crippen LogP contribution in [0.1, 0.15) is 174 Å². The van der Waals surface area contributed by atoms with Crippen molar-refractivity contribution in [3.63, 3.8) is 0 Å². The quantitative estimate of drug-likeness (QED) is 0.162. The molecule has 57 heavy (non-hydrogen) atoms. The molecule has 6 heteroatoms. The van der Waals surface area contributed by atoms with E-state index in [0.717, 1.165) is 76.2 Å². The molecule has 1 aromatic rings. The smallest absolute Gasteiger partial charge is 0.331 e. The van der Waals surface area contributed by atoms with Crippen LogP contribution >= 0.6 is 0 Å². The van der Waals surface area contributed by atoms with Gasteiger partial charge in [0.15, 0.2) is 0 Å². The summed E-state index contributed by atoms with van der Waals surface area (Å²) in [5.41, 5.74) is -1.40. The van der Waals surface area contributed by atoms with Crippen molar-refractivity contribution >= 4 is 11.9 Å². The fourth-order valence-electron chi connectivity index (χ4n) is 14.7. The van der Waals surface area contributed by atoms with E-state index < -0.39 is 34.1 Å². The fourth-order valence-corrected chi connectivity index (χ4v) is 14.7. The summed E-state index contributed by atoms with van der Waals surface area (Å²) in [6.45, 7) is 7.22. The minimum atomic E-state index is -1.39. The molecule has 2 aliphatic heterocycles. The Bertz CT molecular complexity index is 1710. The number of carbonyl (C=O) groups is 2. The van der Waals surface area contributed by atoms with Gasteiger partial charge in [-0.15, -0.1) is 5.92 Å². The largest absolute Gasteiger partial charge is 0.462 e. The van der Waals surface area contributed by atoms with Crippen molar-refractivity contribution in [1.82, 2.24) is 0 Å². The Morgan fingerprint density at radius 3 is 2.33 bits per heavy atom. The van der Waals surface area contributed by atoms with Crippen LogP contribution in [0, 0.1) is 56.7 Å². The Balaban J connectivity index is 1.20. The van der Waals surface area contributed by atoms with Gasteiger partial charge in [-0.25, -0.2) is 4.79 Å². The van der Waals surface area contributed by atoms with Gasteiger partial charge in [-0.3, -0.25) is 4.79 Å². The number of aryl methyl sites for hydroxylation is 1. The second-order valence-corrected chi connectivity index (χ2v) is 21.2. The van der Waals surface area contributed by atoms with Gasteiger partial charge in [0, 0.05) is 30.3 Å². The molecule has 2 heterocycles. The second-order valence-electron chi connectivity index (χ2n) is 21.2. The zero-order chi connectivity index (χ0) is 39.9. The van der Waals surface area contributed by atoms with Crippen molar-refractivity contribution in [2.45, 2.75) is 193 Å². The zero-order valence-corrected chi connectivity index (χ0v) is 35.6. The summed E-state index contributed by atoms with van der Waals surface area (Å²) < 4.78 is 12.5. The maximum atomic E-state index is 14.8. The van der Waals surface area contributed by atoms with Crippen LogP contribution in [0.5, 0.6) is 0 Å². The van der Waals surface area contributed by atoms with Crippen LogP contribution in [0.3, 0.4) is 0 Å². The van der Waals surface area contributed by atoms with Gasteiger partial charge in [0.25, 0.3) is 0 Å². The Morgan fingerprint density at radius 1 is 0.860 bits per heavy atom. The van der Waals surface area contributed by atoms with Crippen molar-refractivity contribution in [1.29, 1.82) is 0 Å². The summed E-state index contributed by atoms with van der Waals surface area (Å²) in [6.07, 6.45) is 23.3. The number of ether oxygens (including phenoxy) is 2. The van der Waals surface area contributed by atoms with E-state index in [1.807, 2.05) is 0 Å². The monoisotopic (exact) mass is 781 g/mol. The summed E-state index contributed by atoms with van der Waals surface area (Å²) in [5, 5.41) is 27.2. The third kappa shape index (κ3) is 7.36. The van der Waals surface area contributed by atoms with E-state index in [-0.39, 0.29) is 29.9 Å². The molecule has 9 atom stereocenters. The van der Waals surface area contributed by atoms with Crippen LogP contribution in [0.15, 0.2) is 42.0 Å². The first-order valence-electron chi connectivity index (χ1n) is 23.4. The number of cyclic esters (lactones) is 1. The molecule has 6 nitrogen and oxygen atoms in total. The molecule has 2 N–H and O–H groups in total. The molecular weight excluding hydrogens is 709 g/mol. The van der Waals surface area contributed by atoms with E-state index in [1.165, 1.54) is 50.5 Å². The summed E-state index contributed by atoms with van der Waals surface area (Å²) in [7, 11) is 0. The number of aliphatic hydroxyl groups excluding tert-OH is 1. The zero-order valence-electron chi connectivity index (χ0n) is 35.6. The molecule has 1 aromatic carbocycles. The molecule has 2 bridgehead atoms. The van der Waals surface area contributed by atoms with Crippen LogP contribution in [0.4, 0.5) is 0 Å². The van der Waals surface area contributed by atoms with Crippen LogP contribution in [-0.4, -0.2) is 46.6 Å². The molecule has 0 unspecified atom stereocenters. The highest BCUT2D eigenvalue weighted by Gasteiger charge is 2.76. The van der Waals surface area contributed by atoms with Crippen molar-refractivity contribution < 1.29 is 29.3 Å². The summed E-state index contributed by atoms with van der Waals surface area (Å²) >= 11 is 0. The van der Waals surface area contributed by atoms with E-state index >= 15 is 0 Å². The summed E-state index contributed by atoms with van der Waals surface area (Å²) in [4.78, 5) is 27.1. The summed E-state index contributed by atoms with van der Waals surface area (Å²) in [6, 6.07) is 10.8. The topological polar surface area (TPSA) is 93.1 Å². The molecule has 5 fully saturated rings. The number of benzene rings is 1. The fraction of sp³-hybridized carbons (Fsp3) is 0.765. The molecule has 5 saturated carbocycles. The van der Waals surface area contributed by atoms with E-state index in [9.17, 15) is 19.8 Å². The van der Waals surface area contributed by atoms with Crippen LogP contribution < -0.4 is 0 Å². The lowest BCUT2D eigenvalue weighted by Gasteiger charge is -2.71. The van der Waals surface area contributed by atoms with E-state index in [4.69, 9.17) is 9.47 Å². The first kappa shape index (κ1) is 41.1. The van der Waals surface area contributed by atoms with Gasteiger partial charge in [0.2, 0.25) is 0 Å². The molecular formula is C51H72O6. The first-order chi connectivity index (χ1) is 27.4. The molecule has 0 radical (unpaired) electrons. The molecule has 8 rings (SSSR count). The second kappa shape index (κ2) is 16.1. The highest BCUT2D eigenvalue weighted by atomic mass is 16.5. The minimum absolute atomic E-state index is 0.0787. The number of fused-ring (bicyclic) bond motifs is 4. The SMILES string of the molecule is C[C@H](CCCc1ccccc1)CCC[C@]12[C@@H](O)CC[C@@](C)([C@H]3CCC4(CCCC4)C3)[C@@H]1[C@H]1C[C@](C)(C#CCC3(CCCCC3)C(=O)O1)[C@]2(O)CCC1=CC(=O)OC1. The number of esters is 2. The third-order valence-corrected chi connectivity index (χ3v) is 17.9. The van der Waals surface area contributed by atoms with Gasteiger partial charge in [-0.05, 0) is 131 Å². The van der Waals surface area contributed by atoms with Gasteiger partial charge >= 0.3 is 11.9 Å². The lowest BCUT2D eigenvalue weighted by atomic mass is 9.36. The summed E-state index contributed by atoms with van der Waals surface area (Å²) in [5.74, 6) is 7.64. The van der Waals surface area contributed by atoms with Crippen molar-refractivity contribution in [2.75, 3.05) is 6.61 Å². The van der Waals surface area contributed by atoms with E-state index in [2.05, 4.69) is 62.9 Å². The lowest BCUT2D eigenvalue weighted by molar-refractivity contribution is -0.314. The van der Waals surface area contributed by atoms with E-state index in [0.29, 0.717) is 55.8 Å². The van der Waals surface area contributed by atoms with Crippen molar-refractivity contribution in [3.8, 4) is 11.8 Å². The Hall–Kier alpha value is -2.62. The molecule has 0 aromatic heterocycles. The minimum Gasteiger partial charge on any atom is -0.462 e. The molecule has 0 amide bonds. The number of rotatable bonds is 12. The predicted octanol–water partition coefficient (Wildman–Crippen LogP) is 10.6. The standard InChI is InChI=1S/C51H72O6/c1-37(15-12-19-38-17-6-4-7-18-38)16-13-29-50-42(52)22-30-47(3,40-21-31-48(34-40)24-10-11-25-48)44(50)41-35-46(2,51(50,55)32-20-39-33-43(53)56-36-39)23-14-28-49(45(54)57-41)26-8-5-9-27-49/h4,6-7,17-18,33,37,40-42,44,52,55H,5,8-13,15-16,19-22,24-32,34-36H2,1-3H3/t37-,40+,41-,42+,44+,46+,47+,50+,51-/m1/s1. The van der Waals surface area contributed by atoms with Crippen LogP contribution in [0.2, 0.25) is 0 Å². The average Bonchev–Trinajstić information content (AvgIpc) is 3.97. The number of hydrogen-bond donors (Lipinski definition) is 2. The predicted molar refractivity (Wildman–Crippen MR) is 224 cm³/mol. The van der Waals surface area contributed by atoms with Crippen LogP contribution in [-0.2, 0) is 25.5 Å². The van der Waals surface area contributed by atoms with Crippen LogP contribution in [0.25, 0.3) is 0 Å². The van der Waals surface area contributed by atoms with Crippen molar-refractivity contribution in [3.05, 3.63) is 47.5 Å². The molecule has 5 aliphatic carbocycles. The Morgan fingerprint density at radius 2 is 1.60 bits per heavy atom. The van der Waals surface area contributed by atoms with Gasteiger partial charge < -0.3 is 19.7 Å². The lowest BCUT2D eigenvalue weighted by Crippen LogP contribution is -2.76. The van der Waals surface area contributed by atoms with Gasteiger partial charge in [0.05, 0.1) is 22.5 Å². The van der Waals surface area contributed by atoms with E-state index in [1.54, 1.807) is 6.08 Å². The van der Waals surface area contributed by atoms with Crippen molar-refractivity contribution in [2.24, 2.45) is 44.8 Å². The number of carbonyl (C=O) groups excluding carboxylic acids is 2. The Kier molecular flexibility index (Phi) is 11.6. The van der Waals surface area contributed by atoms with Gasteiger partial charge in [-0.2, -0.15) is 0 Å². The number of hydrogen-bond acceptors (Lipinski definition) is 6. The highest BCUT2D eigenvalue weighted by molar-refractivity contribution is 5.85. The molecule has 2 spiro atoms.